The number of rotatable bonds is 2. The van der Waals surface area contributed by atoms with E-state index in [2.05, 4.69) is 5.10 Å². The van der Waals surface area contributed by atoms with Crippen LogP contribution >= 0.6 is 0 Å². The summed E-state index contributed by atoms with van der Waals surface area (Å²) in [6, 6.07) is 0.341. The zero-order valence-electron chi connectivity index (χ0n) is 13.6. The van der Waals surface area contributed by atoms with E-state index in [9.17, 15) is 14.9 Å². The van der Waals surface area contributed by atoms with Gasteiger partial charge in [0.05, 0.1) is 11.0 Å². The molecule has 0 aromatic carbocycles. The van der Waals surface area contributed by atoms with Crippen LogP contribution in [0.3, 0.4) is 0 Å². The van der Waals surface area contributed by atoms with Gasteiger partial charge in [0.15, 0.2) is 0 Å². The Morgan fingerprint density at radius 2 is 1.91 bits per heavy atom. The van der Waals surface area contributed by atoms with Crippen LogP contribution in [0, 0.1) is 10.1 Å². The molecule has 1 aromatic heterocycles. The molecule has 126 valence electrons. The highest BCUT2D eigenvalue weighted by atomic mass is 16.6. The highest BCUT2D eigenvalue weighted by molar-refractivity contribution is 5.69. The van der Waals surface area contributed by atoms with Crippen LogP contribution in [0.5, 0.6) is 0 Å². The van der Waals surface area contributed by atoms with Gasteiger partial charge in [-0.25, -0.2) is 4.79 Å². The molecule has 0 saturated carbocycles. The Bertz CT molecular complexity index is 607. The minimum absolute atomic E-state index is 0.00641. The Kier molecular flexibility index (Phi) is 3.77. The van der Waals surface area contributed by atoms with Crippen molar-refractivity contribution in [2.75, 3.05) is 0 Å². The molecule has 8 nitrogen and oxygen atoms in total. The molecule has 2 aliphatic heterocycles. The molecule has 0 aliphatic carbocycles. The summed E-state index contributed by atoms with van der Waals surface area (Å²) >= 11 is 0. The minimum Gasteiger partial charge on any atom is -0.444 e. The van der Waals surface area contributed by atoms with Crippen molar-refractivity contribution in [2.45, 2.75) is 70.2 Å². The van der Waals surface area contributed by atoms with Crippen molar-refractivity contribution >= 4 is 11.8 Å². The fraction of sp³-hybridized carbons (Fsp3) is 0.733. The summed E-state index contributed by atoms with van der Waals surface area (Å²) in [5.41, 5.74) is -0.498. The molecule has 3 heterocycles. The monoisotopic (exact) mass is 322 g/mol. The first-order valence-corrected chi connectivity index (χ1v) is 7.94. The number of hydrogen-bond acceptors (Lipinski definition) is 5. The summed E-state index contributed by atoms with van der Waals surface area (Å²) in [6.45, 7) is 5.59. The summed E-state index contributed by atoms with van der Waals surface area (Å²) in [7, 11) is 0. The van der Waals surface area contributed by atoms with Gasteiger partial charge in [0.25, 0.3) is 0 Å². The highest BCUT2D eigenvalue weighted by Crippen LogP contribution is 2.41. The molecular formula is C15H22N4O4. The van der Waals surface area contributed by atoms with E-state index >= 15 is 0 Å². The van der Waals surface area contributed by atoms with Crippen molar-refractivity contribution in [3.05, 3.63) is 22.5 Å². The first kappa shape index (κ1) is 15.8. The molecule has 23 heavy (non-hydrogen) atoms. The molecule has 2 bridgehead atoms. The number of nitrogens with zero attached hydrogens (tertiary/aromatic N) is 4. The highest BCUT2D eigenvalue weighted by Gasteiger charge is 2.45. The van der Waals surface area contributed by atoms with Gasteiger partial charge in [0.2, 0.25) is 0 Å². The van der Waals surface area contributed by atoms with Crippen LogP contribution < -0.4 is 0 Å². The maximum atomic E-state index is 12.4. The zero-order chi connectivity index (χ0) is 16.8. The van der Waals surface area contributed by atoms with Gasteiger partial charge in [-0.2, -0.15) is 5.10 Å². The molecule has 0 N–H and O–H groups in total. The van der Waals surface area contributed by atoms with Crippen molar-refractivity contribution in [2.24, 2.45) is 0 Å². The minimum atomic E-state index is -0.504. The van der Waals surface area contributed by atoms with Crippen LogP contribution in [0.25, 0.3) is 0 Å². The van der Waals surface area contributed by atoms with Gasteiger partial charge in [-0.3, -0.25) is 14.8 Å². The molecule has 2 aliphatic rings. The quantitative estimate of drug-likeness (QED) is 0.617. The molecule has 0 spiro atoms. The third kappa shape index (κ3) is 3.16. The van der Waals surface area contributed by atoms with E-state index in [1.807, 2.05) is 25.7 Å². The fourth-order valence-corrected chi connectivity index (χ4v) is 3.60. The average Bonchev–Trinajstić information content (AvgIpc) is 3.00. The normalized spacial score (nSPS) is 27.1. The Morgan fingerprint density at radius 3 is 2.39 bits per heavy atom. The van der Waals surface area contributed by atoms with Crippen LogP contribution in [0.2, 0.25) is 0 Å². The van der Waals surface area contributed by atoms with Crippen LogP contribution in [-0.4, -0.2) is 43.4 Å². The molecule has 0 radical (unpaired) electrons. The number of fused-ring (bicyclic) bond motifs is 2. The molecule has 2 fully saturated rings. The number of ether oxygens (including phenoxy) is 1. The lowest BCUT2D eigenvalue weighted by atomic mass is 9.98. The van der Waals surface area contributed by atoms with E-state index in [4.69, 9.17) is 4.74 Å². The smallest absolute Gasteiger partial charge is 0.410 e. The van der Waals surface area contributed by atoms with E-state index in [1.165, 1.54) is 12.4 Å². The topological polar surface area (TPSA) is 90.5 Å². The second-order valence-electron chi connectivity index (χ2n) is 7.33. The van der Waals surface area contributed by atoms with Gasteiger partial charge in [-0.1, -0.05) is 0 Å². The number of carbonyl (C=O) groups excluding carboxylic acids is 1. The molecule has 0 unspecified atom stereocenters. The predicted molar refractivity (Wildman–Crippen MR) is 82.0 cm³/mol. The number of amides is 1. The van der Waals surface area contributed by atoms with E-state index in [1.54, 1.807) is 4.68 Å². The van der Waals surface area contributed by atoms with Gasteiger partial charge in [0, 0.05) is 12.1 Å². The van der Waals surface area contributed by atoms with Crippen LogP contribution in [0.4, 0.5) is 10.5 Å². The van der Waals surface area contributed by atoms with Crippen LogP contribution in [-0.2, 0) is 4.74 Å². The number of carbonyl (C=O) groups is 1. The SMILES string of the molecule is CC(C)(C)OC(=O)N1[C@@H]2CC[C@H]1C[C@H](n1cc([N+](=O)[O-])cn1)C2. The fourth-order valence-electron chi connectivity index (χ4n) is 3.60. The van der Waals surface area contributed by atoms with E-state index in [0.717, 1.165) is 25.7 Å². The first-order valence-electron chi connectivity index (χ1n) is 7.94. The lowest BCUT2D eigenvalue weighted by Gasteiger charge is -2.39. The van der Waals surface area contributed by atoms with Crippen molar-refractivity contribution in [3.8, 4) is 0 Å². The molecule has 1 aromatic rings. The first-order chi connectivity index (χ1) is 10.7. The summed E-state index contributed by atoms with van der Waals surface area (Å²) in [6.07, 6.45) is 5.92. The maximum Gasteiger partial charge on any atom is 0.410 e. The lowest BCUT2D eigenvalue weighted by Crippen LogP contribution is -2.48. The van der Waals surface area contributed by atoms with E-state index < -0.39 is 10.5 Å². The molecular weight excluding hydrogens is 300 g/mol. The largest absolute Gasteiger partial charge is 0.444 e. The van der Waals surface area contributed by atoms with Crippen molar-refractivity contribution in [1.29, 1.82) is 0 Å². The number of hydrogen-bond donors (Lipinski definition) is 0. The molecule has 2 saturated heterocycles. The van der Waals surface area contributed by atoms with Gasteiger partial charge in [-0.05, 0) is 46.5 Å². The van der Waals surface area contributed by atoms with Crippen molar-refractivity contribution in [3.63, 3.8) is 0 Å². The third-order valence-corrected chi connectivity index (χ3v) is 4.49. The van der Waals surface area contributed by atoms with E-state index in [-0.39, 0.29) is 29.9 Å². The molecule has 1 amide bonds. The standard InChI is InChI=1S/C15H22N4O4/c1-15(2,3)23-14(20)18-10-4-5-11(18)7-12(6-10)17-9-13(8-16-17)19(21)22/h8-12H,4-7H2,1-3H3/t10-,11+,12-. The number of piperidine rings is 1. The summed E-state index contributed by atoms with van der Waals surface area (Å²) < 4.78 is 7.19. The summed E-state index contributed by atoms with van der Waals surface area (Å²) in [4.78, 5) is 24.6. The van der Waals surface area contributed by atoms with E-state index in [0.29, 0.717) is 0 Å². The van der Waals surface area contributed by atoms with Gasteiger partial charge in [-0.15, -0.1) is 0 Å². The summed E-state index contributed by atoms with van der Waals surface area (Å²) in [5.74, 6) is 0. The predicted octanol–water partition coefficient (Wildman–Crippen LogP) is 2.89. The Labute approximate surface area is 134 Å². The maximum absolute atomic E-state index is 12.4. The third-order valence-electron chi connectivity index (χ3n) is 4.49. The number of nitro groups is 1. The summed E-state index contributed by atoms with van der Waals surface area (Å²) in [5, 5.41) is 14.9. The van der Waals surface area contributed by atoms with Crippen LogP contribution in [0.15, 0.2) is 12.4 Å². The molecule has 3 atom stereocenters. The second-order valence-corrected chi connectivity index (χ2v) is 7.33. The molecule has 8 heteroatoms. The lowest BCUT2D eigenvalue weighted by molar-refractivity contribution is -0.385. The Hall–Kier alpha value is -2.12. The second kappa shape index (κ2) is 5.50. The Morgan fingerprint density at radius 1 is 1.30 bits per heavy atom. The average molecular weight is 322 g/mol. The van der Waals surface area contributed by atoms with Crippen molar-refractivity contribution < 1.29 is 14.5 Å². The van der Waals surface area contributed by atoms with Crippen LogP contribution in [0.1, 0.15) is 52.5 Å². The Balaban J connectivity index is 1.71. The van der Waals surface area contributed by atoms with Gasteiger partial charge >= 0.3 is 11.8 Å². The molecule has 3 rings (SSSR count). The zero-order valence-corrected chi connectivity index (χ0v) is 13.6. The number of aromatic nitrogens is 2. The van der Waals surface area contributed by atoms with Crippen molar-refractivity contribution in [1.82, 2.24) is 14.7 Å². The van der Waals surface area contributed by atoms with Gasteiger partial charge in [0.1, 0.15) is 18.0 Å². The van der Waals surface area contributed by atoms with Gasteiger partial charge < -0.3 is 9.64 Å².